The van der Waals surface area contributed by atoms with E-state index in [9.17, 15) is 8.60 Å². The highest BCUT2D eigenvalue weighted by molar-refractivity contribution is 7.85. The average Bonchev–Trinajstić information content (AvgIpc) is 2.64. The number of benzene rings is 1. The van der Waals surface area contributed by atoms with Gasteiger partial charge in [-0.1, -0.05) is 44.9 Å². The van der Waals surface area contributed by atoms with E-state index in [1.807, 2.05) is 6.92 Å². The smallest absolute Gasteiger partial charge is 0.191 e. The maximum atomic E-state index is 13.3. The van der Waals surface area contributed by atoms with Crippen molar-refractivity contribution in [3.8, 4) is 0 Å². The van der Waals surface area contributed by atoms with Crippen molar-refractivity contribution >= 4 is 28.4 Å². The van der Waals surface area contributed by atoms with Crippen LogP contribution in [0.5, 0.6) is 0 Å². The Bertz CT molecular complexity index is 696. The van der Waals surface area contributed by atoms with Crippen molar-refractivity contribution in [2.75, 3.05) is 19.3 Å². The molecule has 152 valence electrons. The quantitative estimate of drug-likeness (QED) is 0.545. The summed E-state index contributed by atoms with van der Waals surface area (Å²) in [4.78, 5) is 4.33. The zero-order chi connectivity index (χ0) is 20.0. The molecule has 3 unspecified atom stereocenters. The van der Waals surface area contributed by atoms with Crippen molar-refractivity contribution in [2.24, 2.45) is 4.99 Å². The first-order chi connectivity index (χ1) is 12.8. The summed E-state index contributed by atoms with van der Waals surface area (Å²) in [6, 6.07) is 4.80. The lowest BCUT2D eigenvalue weighted by Crippen LogP contribution is -2.49. The fourth-order valence-electron chi connectivity index (χ4n) is 3.58. The summed E-state index contributed by atoms with van der Waals surface area (Å²) in [7, 11) is 1.00. The van der Waals surface area contributed by atoms with Gasteiger partial charge in [-0.3, -0.25) is 9.20 Å². The van der Waals surface area contributed by atoms with E-state index < -0.39 is 10.8 Å². The fourth-order valence-corrected chi connectivity index (χ4v) is 5.35. The molecule has 0 radical (unpaired) electrons. The molecule has 7 heteroatoms. The second kappa shape index (κ2) is 9.87. The standard InChI is InChI=1S/C20H31ClFN3OS/c1-5-27(26)16-8-6-7-15(12-16)25-19(23-4)24-13-20(2,3)17-10-9-14(22)11-18(17)21/h9-11,15-16H,5-8,12-13H2,1-4H3,(H2,23,24,25). The van der Waals surface area contributed by atoms with E-state index in [1.54, 1.807) is 13.1 Å². The van der Waals surface area contributed by atoms with E-state index in [2.05, 4.69) is 29.5 Å². The van der Waals surface area contributed by atoms with Gasteiger partial charge in [-0.15, -0.1) is 0 Å². The van der Waals surface area contributed by atoms with Gasteiger partial charge in [0.15, 0.2) is 5.96 Å². The predicted octanol–water partition coefficient (Wildman–Crippen LogP) is 4.00. The molecule has 3 atom stereocenters. The van der Waals surface area contributed by atoms with Gasteiger partial charge in [-0.2, -0.15) is 0 Å². The highest BCUT2D eigenvalue weighted by atomic mass is 35.5. The summed E-state index contributed by atoms with van der Waals surface area (Å²) < 4.78 is 25.5. The van der Waals surface area contributed by atoms with E-state index in [4.69, 9.17) is 11.6 Å². The number of aliphatic imine (C=N–C) groups is 1. The van der Waals surface area contributed by atoms with Crippen LogP contribution in [0.2, 0.25) is 5.02 Å². The Balaban J connectivity index is 1.95. The van der Waals surface area contributed by atoms with Crippen LogP contribution in [-0.4, -0.2) is 40.8 Å². The molecule has 0 aromatic heterocycles. The molecule has 0 saturated heterocycles. The van der Waals surface area contributed by atoms with Crippen LogP contribution < -0.4 is 10.6 Å². The minimum atomic E-state index is -0.744. The van der Waals surface area contributed by atoms with E-state index in [-0.39, 0.29) is 22.5 Å². The molecular formula is C20H31ClFN3OS. The van der Waals surface area contributed by atoms with Gasteiger partial charge in [0, 0.05) is 51.9 Å². The Morgan fingerprint density at radius 2 is 2.15 bits per heavy atom. The minimum absolute atomic E-state index is 0.272. The average molecular weight is 416 g/mol. The van der Waals surface area contributed by atoms with Crippen LogP contribution in [0.4, 0.5) is 4.39 Å². The Hall–Kier alpha value is -1.14. The number of hydrogen-bond donors (Lipinski definition) is 2. The molecule has 0 amide bonds. The molecule has 2 rings (SSSR count). The topological polar surface area (TPSA) is 53.5 Å². The number of nitrogens with zero attached hydrogens (tertiary/aromatic N) is 1. The molecule has 0 bridgehead atoms. The summed E-state index contributed by atoms with van der Waals surface area (Å²) in [5.74, 6) is 1.12. The Labute approximate surface area is 169 Å². The Kier molecular flexibility index (Phi) is 8.10. The highest BCUT2D eigenvalue weighted by Gasteiger charge is 2.27. The van der Waals surface area contributed by atoms with Crippen molar-refractivity contribution in [3.05, 3.63) is 34.6 Å². The maximum Gasteiger partial charge on any atom is 0.191 e. The molecule has 4 nitrogen and oxygen atoms in total. The molecule has 1 aliphatic carbocycles. The Morgan fingerprint density at radius 3 is 2.78 bits per heavy atom. The SMILES string of the molecule is CCS(=O)C1CCCC(NC(=NC)NCC(C)(C)c2ccc(F)cc2Cl)C1. The first kappa shape index (κ1) is 22.2. The zero-order valence-electron chi connectivity index (χ0n) is 16.6. The first-order valence-corrected chi connectivity index (χ1v) is 11.3. The van der Waals surface area contributed by atoms with E-state index in [0.29, 0.717) is 11.6 Å². The molecule has 1 aromatic rings. The monoisotopic (exact) mass is 415 g/mol. The number of halogens is 2. The van der Waals surface area contributed by atoms with Gasteiger partial charge in [0.25, 0.3) is 0 Å². The molecule has 0 aliphatic heterocycles. The number of guanidine groups is 1. The van der Waals surface area contributed by atoms with Gasteiger partial charge < -0.3 is 10.6 Å². The number of rotatable bonds is 6. The minimum Gasteiger partial charge on any atom is -0.356 e. The largest absolute Gasteiger partial charge is 0.356 e. The molecular weight excluding hydrogens is 385 g/mol. The predicted molar refractivity (Wildman–Crippen MR) is 114 cm³/mol. The summed E-state index contributed by atoms with van der Waals surface area (Å²) in [6.07, 6.45) is 4.10. The van der Waals surface area contributed by atoms with E-state index in [1.165, 1.54) is 12.1 Å². The van der Waals surface area contributed by atoms with E-state index in [0.717, 1.165) is 43.0 Å². The van der Waals surface area contributed by atoms with Crippen LogP contribution in [0.25, 0.3) is 0 Å². The fraction of sp³-hybridized carbons (Fsp3) is 0.650. The van der Waals surface area contributed by atoms with Gasteiger partial charge >= 0.3 is 0 Å². The van der Waals surface area contributed by atoms with Gasteiger partial charge in [0.1, 0.15) is 5.82 Å². The Morgan fingerprint density at radius 1 is 1.41 bits per heavy atom. The van der Waals surface area contributed by atoms with Crippen LogP contribution in [0, 0.1) is 5.82 Å². The molecule has 2 N–H and O–H groups in total. The molecule has 1 saturated carbocycles. The number of nitrogens with one attached hydrogen (secondary N) is 2. The molecule has 1 aliphatic rings. The third-order valence-corrected chi connectivity index (χ3v) is 7.26. The maximum absolute atomic E-state index is 13.3. The van der Waals surface area contributed by atoms with Gasteiger partial charge in [0.05, 0.1) is 0 Å². The first-order valence-electron chi connectivity index (χ1n) is 9.56. The molecule has 1 aromatic carbocycles. The van der Waals surface area contributed by atoms with Crippen molar-refractivity contribution in [1.82, 2.24) is 10.6 Å². The van der Waals surface area contributed by atoms with Gasteiger partial charge in [-0.05, 0) is 37.0 Å². The lowest BCUT2D eigenvalue weighted by atomic mass is 9.84. The molecule has 27 heavy (non-hydrogen) atoms. The summed E-state index contributed by atoms with van der Waals surface area (Å²) in [5.41, 5.74) is 0.603. The lowest BCUT2D eigenvalue weighted by Gasteiger charge is -2.32. The molecule has 1 fully saturated rings. The second-order valence-corrected chi connectivity index (χ2v) is 10.1. The van der Waals surface area contributed by atoms with Crippen molar-refractivity contribution in [3.63, 3.8) is 0 Å². The number of hydrogen-bond acceptors (Lipinski definition) is 2. The van der Waals surface area contributed by atoms with E-state index >= 15 is 0 Å². The molecule has 0 heterocycles. The van der Waals surface area contributed by atoms with Crippen molar-refractivity contribution < 1.29 is 8.60 Å². The van der Waals surface area contributed by atoms with Crippen LogP contribution in [0.3, 0.4) is 0 Å². The zero-order valence-corrected chi connectivity index (χ0v) is 18.2. The van der Waals surface area contributed by atoms with Crippen LogP contribution in [0.15, 0.2) is 23.2 Å². The third-order valence-electron chi connectivity index (χ3n) is 5.20. The summed E-state index contributed by atoms with van der Waals surface area (Å²) in [5, 5.41) is 7.54. The third kappa shape index (κ3) is 6.18. The van der Waals surface area contributed by atoms with Crippen molar-refractivity contribution in [1.29, 1.82) is 0 Å². The second-order valence-electron chi connectivity index (χ2n) is 7.73. The molecule has 0 spiro atoms. The van der Waals surface area contributed by atoms with Crippen LogP contribution in [0.1, 0.15) is 52.0 Å². The lowest BCUT2D eigenvalue weighted by molar-refractivity contribution is 0.410. The normalized spacial score (nSPS) is 22.4. The van der Waals surface area contributed by atoms with Gasteiger partial charge in [-0.25, -0.2) is 4.39 Å². The van der Waals surface area contributed by atoms with Crippen molar-refractivity contribution in [2.45, 2.75) is 63.2 Å². The summed E-state index contributed by atoms with van der Waals surface area (Å²) >= 11 is 6.24. The van der Waals surface area contributed by atoms with Gasteiger partial charge in [0.2, 0.25) is 0 Å². The summed E-state index contributed by atoms with van der Waals surface area (Å²) in [6.45, 7) is 6.71. The highest BCUT2D eigenvalue weighted by Crippen LogP contribution is 2.30. The van der Waals surface area contributed by atoms with Crippen LogP contribution in [-0.2, 0) is 16.2 Å². The van der Waals surface area contributed by atoms with Crippen LogP contribution >= 0.6 is 11.6 Å².